The standard InChI is InChI=1S/C15H16ClN3O3S/c1-3-10-7-13(20)19-15(17-10)23-8-14(21)18-11-6-9(16)4-5-12(11)22-2/h4-7H,3,8H2,1-2H3,(H,18,21)(H,17,19,20). The summed E-state index contributed by atoms with van der Waals surface area (Å²) in [7, 11) is 1.51. The molecule has 6 nitrogen and oxygen atoms in total. The lowest BCUT2D eigenvalue weighted by Gasteiger charge is -2.10. The van der Waals surface area contributed by atoms with Crippen molar-refractivity contribution in [1.29, 1.82) is 0 Å². The highest BCUT2D eigenvalue weighted by molar-refractivity contribution is 7.99. The number of ether oxygens (including phenoxy) is 1. The molecule has 0 fully saturated rings. The van der Waals surface area contributed by atoms with Crippen LogP contribution in [0.25, 0.3) is 0 Å². The number of anilines is 1. The highest BCUT2D eigenvalue weighted by Crippen LogP contribution is 2.27. The molecule has 2 aromatic rings. The fraction of sp³-hybridized carbons (Fsp3) is 0.267. The van der Waals surface area contributed by atoms with E-state index in [4.69, 9.17) is 16.3 Å². The number of methoxy groups -OCH3 is 1. The second kappa shape index (κ2) is 8.03. The number of nitrogens with zero attached hydrogens (tertiary/aromatic N) is 1. The van der Waals surface area contributed by atoms with Crippen LogP contribution in [0.4, 0.5) is 5.69 Å². The number of aryl methyl sites for hydroxylation is 1. The third-order valence-corrected chi connectivity index (χ3v) is 4.02. The number of hydrogen-bond acceptors (Lipinski definition) is 5. The van der Waals surface area contributed by atoms with Crippen molar-refractivity contribution in [2.75, 3.05) is 18.2 Å². The molecule has 1 aromatic carbocycles. The Kier molecular flexibility index (Phi) is 6.06. The number of hydrogen-bond donors (Lipinski definition) is 2. The van der Waals surface area contributed by atoms with Gasteiger partial charge in [-0.15, -0.1) is 0 Å². The normalized spacial score (nSPS) is 10.4. The van der Waals surface area contributed by atoms with Crippen LogP contribution in [0.5, 0.6) is 5.75 Å². The second-order valence-corrected chi connectivity index (χ2v) is 5.98. The summed E-state index contributed by atoms with van der Waals surface area (Å²) in [5, 5.41) is 3.64. The van der Waals surface area contributed by atoms with Gasteiger partial charge in [0.15, 0.2) is 5.16 Å². The predicted octanol–water partition coefficient (Wildman–Crippen LogP) is 2.73. The number of amides is 1. The van der Waals surface area contributed by atoms with Crippen LogP contribution in [-0.2, 0) is 11.2 Å². The van der Waals surface area contributed by atoms with E-state index < -0.39 is 0 Å². The van der Waals surface area contributed by atoms with Crippen LogP contribution in [0.15, 0.2) is 34.2 Å². The lowest BCUT2D eigenvalue weighted by Crippen LogP contribution is -2.16. The third kappa shape index (κ3) is 5.01. The summed E-state index contributed by atoms with van der Waals surface area (Å²) in [5.74, 6) is 0.374. The maximum absolute atomic E-state index is 12.1. The summed E-state index contributed by atoms with van der Waals surface area (Å²) in [4.78, 5) is 30.4. The van der Waals surface area contributed by atoms with Gasteiger partial charge in [0, 0.05) is 16.8 Å². The number of H-pyrrole nitrogens is 1. The van der Waals surface area contributed by atoms with Crippen molar-refractivity contribution in [2.24, 2.45) is 0 Å². The minimum Gasteiger partial charge on any atom is -0.495 e. The molecule has 0 spiro atoms. The van der Waals surface area contributed by atoms with E-state index in [0.717, 1.165) is 11.8 Å². The van der Waals surface area contributed by atoms with Crippen LogP contribution in [0.3, 0.4) is 0 Å². The van der Waals surface area contributed by atoms with Gasteiger partial charge in [0.2, 0.25) is 5.91 Å². The van der Waals surface area contributed by atoms with E-state index in [9.17, 15) is 9.59 Å². The lowest BCUT2D eigenvalue weighted by molar-refractivity contribution is -0.113. The molecule has 2 N–H and O–H groups in total. The van der Waals surface area contributed by atoms with Gasteiger partial charge >= 0.3 is 0 Å². The van der Waals surface area contributed by atoms with Gasteiger partial charge in [-0.05, 0) is 24.6 Å². The topological polar surface area (TPSA) is 84.1 Å². The zero-order valence-electron chi connectivity index (χ0n) is 12.7. The van der Waals surface area contributed by atoms with Crippen LogP contribution < -0.4 is 15.6 Å². The van der Waals surface area contributed by atoms with Gasteiger partial charge in [-0.2, -0.15) is 0 Å². The Bertz CT molecular complexity index is 764. The monoisotopic (exact) mass is 353 g/mol. The van der Waals surface area contributed by atoms with E-state index in [-0.39, 0.29) is 17.2 Å². The van der Waals surface area contributed by atoms with E-state index in [1.54, 1.807) is 18.2 Å². The Morgan fingerprint density at radius 3 is 2.91 bits per heavy atom. The number of halogens is 1. The van der Waals surface area contributed by atoms with Crippen molar-refractivity contribution in [1.82, 2.24) is 9.97 Å². The highest BCUT2D eigenvalue weighted by atomic mass is 35.5. The minimum absolute atomic E-state index is 0.103. The summed E-state index contributed by atoms with van der Waals surface area (Å²) in [6.45, 7) is 1.91. The molecule has 1 amide bonds. The molecule has 8 heteroatoms. The van der Waals surface area contributed by atoms with Crippen LogP contribution >= 0.6 is 23.4 Å². The van der Waals surface area contributed by atoms with E-state index in [1.807, 2.05) is 6.92 Å². The van der Waals surface area contributed by atoms with Crippen molar-refractivity contribution in [3.8, 4) is 5.75 Å². The molecular weight excluding hydrogens is 338 g/mol. The molecule has 23 heavy (non-hydrogen) atoms. The van der Waals surface area contributed by atoms with Gasteiger partial charge in [0.25, 0.3) is 5.56 Å². The number of benzene rings is 1. The lowest BCUT2D eigenvalue weighted by atomic mass is 10.3. The van der Waals surface area contributed by atoms with Crippen molar-refractivity contribution in [3.05, 3.63) is 45.3 Å². The highest BCUT2D eigenvalue weighted by Gasteiger charge is 2.10. The zero-order valence-corrected chi connectivity index (χ0v) is 14.3. The summed E-state index contributed by atoms with van der Waals surface area (Å²) in [6.07, 6.45) is 0.656. The molecule has 0 saturated heterocycles. The molecule has 0 unspecified atom stereocenters. The molecule has 2 rings (SSSR count). The number of aromatic amines is 1. The first-order valence-electron chi connectivity index (χ1n) is 6.88. The molecule has 1 heterocycles. The number of thioether (sulfide) groups is 1. The number of carbonyl (C=O) groups excluding carboxylic acids is 1. The van der Waals surface area contributed by atoms with E-state index >= 15 is 0 Å². The van der Waals surface area contributed by atoms with Crippen molar-refractivity contribution in [2.45, 2.75) is 18.5 Å². The van der Waals surface area contributed by atoms with Gasteiger partial charge in [0.05, 0.1) is 18.6 Å². The fourth-order valence-electron chi connectivity index (χ4n) is 1.83. The van der Waals surface area contributed by atoms with Crippen LogP contribution in [0.2, 0.25) is 5.02 Å². The van der Waals surface area contributed by atoms with E-state index in [1.165, 1.54) is 13.2 Å². The molecule has 0 atom stereocenters. The molecule has 0 bridgehead atoms. The van der Waals surface area contributed by atoms with Crippen LogP contribution in [-0.4, -0.2) is 28.7 Å². The van der Waals surface area contributed by atoms with Gasteiger partial charge in [-0.1, -0.05) is 30.3 Å². The SMILES string of the molecule is CCc1cc(=O)[nH]c(SCC(=O)Nc2cc(Cl)ccc2OC)n1. The van der Waals surface area contributed by atoms with E-state index in [2.05, 4.69) is 15.3 Å². The predicted molar refractivity (Wildman–Crippen MR) is 91.6 cm³/mol. The van der Waals surface area contributed by atoms with E-state index in [0.29, 0.717) is 33.7 Å². The number of aromatic nitrogens is 2. The molecule has 0 aliphatic rings. The summed E-state index contributed by atoms with van der Waals surface area (Å²) >= 11 is 7.08. The first kappa shape index (κ1) is 17.4. The minimum atomic E-state index is -0.250. The molecule has 122 valence electrons. The summed E-state index contributed by atoms with van der Waals surface area (Å²) < 4.78 is 5.17. The van der Waals surface area contributed by atoms with Gasteiger partial charge in [0.1, 0.15) is 5.75 Å². The molecule has 0 aliphatic carbocycles. The van der Waals surface area contributed by atoms with Crippen molar-refractivity contribution in [3.63, 3.8) is 0 Å². The Hall–Kier alpha value is -1.99. The third-order valence-electron chi connectivity index (χ3n) is 2.91. The number of nitrogens with one attached hydrogen (secondary N) is 2. The molecule has 0 saturated carbocycles. The van der Waals surface area contributed by atoms with Crippen LogP contribution in [0.1, 0.15) is 12.6 Å². The van der Waals surface area contributed by atoms with Crippen molar-refractivity contribution >= 4 is 35.0 Å². The zero-order chi connectivity index (χ0) is 16.8. The molecule has 0 aliphatic heterocycles. The number of carbonyl (C=O) groups is 1. The average molecular weight is 354 g/mol. The molecular formula is C15H16ClN3O3S. The maximum atomic E-state index is 12.1. The first-order valence-corrected chi connectivity index (χ1v) is 8.24. The van der Waals surface area contributed by atoms with Gasteiger partial charge < -0.3 is 15.0 Å². The first-order chi connectivity index (χ1) is 11.0. The Balaban J connectivity index is 2.02. The maximum Gasteiger partial charge on any atom is 0.251 e. The Morgan fingerprint density at radius 2 is 2.22 bits per heavy atom. The Morgan fingerprint density at radius 1 is 1.43 bits per heavy atom. The quantitative estimate of drug-likeness (QED) is 0.616. The largest absolute Gasteiger partial charge is 0.495 e. The summed E-state index contributed by atoms with van der Waals surface area (Å²) in [5.41, 5.74) is 0.957. The Labute approximate surface area is 142 Å². The van der Waals surface area contributed by atoms with Crippen molar-refractivity contribution < 1.29 is 9.53 Å². The van der Waals surface area contributed by atoms with Gasteiger partial charge in [-0.25, -0.2) is 4.98 Å². The average Bonchev–Trinajstić information content (AvgIpc) is 2.52. The molecule has 1 aromatic heterocycles. The fourth-order valence-corrected chi connectivity index (χ4v) is 2.70. The summed E-state index contributed by atoms with van der Waals surface area (Å²) in [6, 6.07) is 6.41. The molecule has 0 radical (unpaired) electrons. The van der Waals surface area contributed by atoms with Gasteiger partial charge in [-0.3, -0.25) is 9.59 Å². The number of rotatable bonds is 6. The van der Waals surface area contributed by atoms with Crippen LogP contribution in [0, 0.1) is 0 Å². The smallest absolute Gasteiger partial charge is 0.251 e. The second-order valence-electron chi connectivity index (χ2n) is 4.58.